The minimum Gasteiger partial charge on any atom is -0.397 e. The van der Waals surface area contributed by atoms with Crippen LogP contribution in [0.5, 0.6) is 0 Å². The van der Waals surface area contributed by atoms with Crippen molar-refractivity contribution in [3.8, 4) is 30.3 Å². The highest BCUT2D eigenvalue weighted by Gasteiger charge is 2.33. The van der Waals surface area contributed by atoms with E-state index in [0.29, 0.717) is 41.7 Å². The van der Waals surface area contributed by atoms with Crippen LogP contribution in [0.2, 0.25) is 0 Å². The molecule has 37 heavy (non-hydrogen) atoms. The Morgan fingerprint density at radius 2 is 1.11 bits per heavy atom. The summed E-state index contributed by atoms with van der Waals surface area (Å²) in [5, 5.41) is 53.8. The van der Waals surface area contributed by atoms with E-state index in [1.807, 2.05) is 24.3 Å². The SMILES string of the molecule is CC1(C)CC(NCCCCCCNC2=C(C#N)C(=C(C#N)C#N)CC(C)(C)C2)=C(N)C(=C(C#N)C#N)C1. The van der Waals surface area contributed by atoms with Crippen LogP contribution in [0.25, 0.3) is 0 Å². The molecule has 0 fully saturated rings. The van der Waals surface area contributed by atoms with Gasteiger partial charge in [0.1, 0.15) is 41.5 Å². The third kappa shape index (κ3) is 7.64. The maximum atomic E-state index is 9.72. The Kier molecular flexibility index (Phi) is 9.95. The van der Waals surface area contributed by atoms with Gasteiger partial charge in [0.05, 0.1) is 11.3 Å². The van der Waals surface area contributed by atoms with Gasteiger partial charge >= 0.3 is 0 Å². The quantitative estimate of drug-likeness (QED) is 0.296. The molecule has 0 radical (unpaired) electrons. The summed E-state index contributed by atoms with van der Waals surface area (Å²) in [7, 11) is 0. The first-order valence-corrected chi connectivity index (χ1v) is 12.7. The highest BCUT2D eigenvalue weighted by molar-refractivity contribution is 5.57. The standard InChI is InChI=1S/C29H36N8/c1-28(2)11-22(20(15-30)16-31)24(19-34)25(13-28)36-9-7-5-6-8-10-37-26-14-29(3,4)12-23(27(26)35)21(17-32)18-33/h36-37H,5-14,35H2,1-4H3. The highest BCUT2D eigenvalue weighted by Crippen LogP contribution is 2.42. The van der Waals surface area contributed by atoms with Gasteiger partial charge in [-0.25, -0.2) is 0 Å². The summed E-state index contributed by atoms with van der Waals surface area (Å²) in [5.74, 6) is 0. The largest absolute Gasteiger partial charge is 0.397 e. The molecule has 2 aliphatic rings. The van der Waals surface area contributed by atoms with Crippen molar-refractivity contribution < 1.29 is 0 Å². The van der Waals surface area contributed by atoms with Crippen molar-refractivity contribution in [2.45, 2.75) is 79.1 Å². The molecule has 2 aliphatic carbocycles. The number of hydrogen-bond donors (Lipinski definition) is 3. The van der Waals surface area contributed by atoms with Gasteiger partial charge in [0.2, 0.25) is 0 Å². The van der Waals surface area contributed by atoms with Crippen molar-refractivity contribution in [1.29, 1.82) is 26.3 Å². The molecule has 0 aliphatic heterocycles. The zero-order valence-electron chi connectivity index (χ0n) is 22.4. The topological polar surface area (TPSA) is 169 Å². The molecule has 0 spiro atoms. The molecule has 192 valence electrons. The van der Waals surface area contributed by atoms with Crippen LogP contribution in [-0.2, 0) is 0 Å². The van der Waals surface area contributed by atoms with Gasteiger partial charge in [0.15, 0.2) is 0 Å². The Hall–Kier alpha value is -4.19. The first-order valence-electron chi connectivity index (χ1n) is 12.7. The second-order valence-electron chi connectivity index (χ2n) is 11.3. The van der Waals surface area contributed by atoms with Crippen molar-refractivity contribution >= 4 is 0 Å². The fourth-order valence-corrected chi connectivity index (χ4v) is 5.05. The predicted octanol–water partition coefficient (Wildman–Crippen LogP) is 5.00. The second-order valence-corrected chi connectivity index (χ2v) is 11.3. The molecule has 8 heteroatoms. The normalized spacial score (nSPS) is 18.0. The van der Waals surface area contributed by atoms with Crippen molar-refractivity contribution in [3.63, 3.8) is 0 Å². The zero-order valence-corrected chi connectivity index (χ0v) is 22.4. The molecule has 0 bridgehead atoms. The van der Waals surface area contributed by atoms with Gasteiger partial charge in [0, 0.05) is 35.6 Å². The van der Waals surface area contributed by atoms with E-state index in [4.69, 9.17) is 5.73 Å². The molecule has 0 unspecified atom stereocenters. The molecular formula is C29H36N8. The van der Waals surface area contributed by atoms with E-state index in [2.05, 4.69) is 44.4 Å². The molecular weight excluding hydrogens is 460 g/mol. The molecule has 4 N–H and O–H groups in total. The molecule has 0 saturated heterocycles. The average Bonchev–Trinajstić information content (AvgIpc) is 2.84. The fourth-order valence-electron chi connectivity index (χ4n) is 5.05. The predicted molar refractivity (Wildman–Crippen MR) is 141 cm³/mol. The van der Waals surface area contributed by atoms with Crippen LogP contribution in [0.3, 0.4) is 0 Å². The fraction of sp³-hybridized carbons (Fsp3) is 0.552. The van der Waals surface area contributed by atoms with E-state index in [-0.39, 0.29) is 22.0 Å². The summed E-state index contributed by atoms with van der Waals surface area (Å²) in [5.41, 5.74) is 10.1. The number of nitrogens with two attached hydrogens (primary N) is 1. The van der Waals surface area contributed by atoms with Crippen molar-refractivity contribution in [2.24, 2.45) is 16.6 Å². The summed E-state index contributed by atoms with van der Waals surface area (Å²) in [6.07, 6.45) is 6.55. The van der Waals surface area contributed by atoms with Gasteiger partial charge in [-0.1, -0.05) is 40.5 Å². The van der Waals surface area contributed by atoms with Crippen LogP contribution in [0.1, 0.15) is 79.1 Å². The van der Waals surface area contributed by atoms with Gasteiger partial charge in [-0.15, -0.1) is 0 Å². The number of unbranched alkanes of at least 4 members (excludes halogenated alkanes) is 3. The first-order chi connectivity index (χ1) is 17.5. The lowest BCUT2D eigenvalue weighted by molar-refractivity contribution is 0.335. The summed E-state index contributed by atoms with van der Waals surface area (Å²) < 4.78 is 0. The van der Waals surface area contributed by atoms with Crippen LogP contribution in [0, 0.1) is 67.5 Å². The van der Waals surface area contributed by atoms with Crippen LogP contribution >= 0.6 is 0 Å². The van der Waals surface area contributed by atoms with Gasteiger partial charge in [-0.05, 0) is 49.4 Å². The van der Waals surface area contributed by atoms with E-state index >= 15 is 0 Å². The highest BCUT2D eigenvalue weighted by atomic mass is 14.9. The molecule has 0 saturated carbocycles. The molecule has 0 amide bonds. The number of hydrogen-bond acceptors (Lipinski definition) is 8. The Balaban J connectivity index is 1.89. The number of rotatable bonds is 9. The lowest BCUT2D eigenvalue weighted by Crippen LogP contribution is -2.31. The monoisotopic (exact) mass is 496 g/mol. The van der Waals surface area contributed by atoms with Crippen LogP contribution in [-0.4, -0.2) is 13.1 Å². The Morgan fingerprint density at radius 3 is 1.59 bits per heavy atom. The number of nitriles is 5. The van der Waals surface area contributed by atoms with E-state index in [9.17, 15) is 26.3 Å². The third-order valence-corrected chi connectivity index (χ3v) is 6.82. The minimum absolute atomic E-state index is 0.0207. The lowest BCUT2D eigenvalue weighted by atomic mass is 9.73. The van der Waals surface area contributed by atoms with E-state index < -0.39 is 0 Å². The third-order valence-electron chi connectivity index (χ3n) is 6.82. The molecule has 0 aromatic heterocycles. The lowest BCUT2D eigenvalue weighted by Gasteiger charge is -2.34. The Morgan fingerprint density at radius 1 is 0.676 bits per heavy atom. The van der Waals surface area contributed by atoms with Gasteiger partial charge in [0.25, 0.3) is 0 Å². The molecule has 0 heterocycles. The number of allylic oxidation sites excluding steroid dienone is 7. The van der Waals surface area contributed by atoms with Crippen LogP contribution in [0.4, 0.5) is 0 Å². The molecule has 2 rings (SSSR count). The second kappa shape index (κ2) is 12.7. The zero-order chi connectivity index (χ0) is 27.6. The maximum absolute atomic E-state index is 9.72. The Labute approximate surface area is 221 Å². The van der Waals surface area contributed by atoms with E-state index in [1.54, 1.807) is 0 Å². The number of nitrogens with zero attached hydrogens (tertiary/aromatic N) is 5. The molecule has 0 atom stereocenters. The van der Waals surface area contributed by atoms with Crippen molar-refractivity contribution in [3.05, 3.63) is 45.0 Å². The summed E-state index contributed by atoms with van der Waals surface area (Å²) in [4.78, 5) is 0. The van der Waals surface area contributed by atoms with E-state index in [0.717, 1.165) is 56.6 Å². The maximum Gasteiger partial charge on any atom is 0.134 e. The van der Waals surface area contributed by atoms with Crippen LogP contribution in [0.15, 0.2) is 45.0 Å². The molecule has 0 aromatic rings. The van der Waals surface area contributed by atoms with Crippen molar-refractivity contribution in [1.82, 2.24) is 10.6 Å². The Bertz CT molecular complexity index is 1200. The van der Waals surface area contributed by atoms with Gasteiger partial charge in [-0.3, -0.25) is 0 Å². The molecule has 8 nitrogen and oxygen atoms in total. The first kappa shape index (κ1) is 29.0. The summed E-state index contributed by atoms with van der Waals surface area (Å²) in [6.45, 7) is 9.87. The minimum atomic E-state index is -0.136. The smallest absolute Gasteiger partial charge is 0.134 e. The molecule has 0 aromatic carbocycles. The summed E-state index contributed by atoms with van der Waals surface area (Å²) >= 11 is 0. The summed E-state index contributed by atoms with van der Waals surface area (Å²) in [6, 6.07) is 10.0. The average molecular weight is 497 g/mol. The van der Waals surface area contributed by atoms with Crippen molar-refractivity contribution in [2.75, 3.05) is 13.1 Å². The van der Waals surface area contributed by atoms with Gasteiger partial charge in [-0.2, -0.15) is 26.3 Å². The number of nitrogens with one attached hydrogen (secondary N) is 2. The van der Waals surface area contributed by atoms with Crippen LogP contribution < -0.4 is 16.4 Å². The van der Waals surface area contributed by atoms with E-state index in [1.165, 1.54) is 0 Å². The van der Waals surface area contributed by atoms with Gasteiger partial charge < -0.3 is 16.4 Å².